The summed E-state index contributed by atoms with van der Waals surface area (Å²) in [5.41, 5.74) is 4.31. The SMILES string of the molecule is CSc1cc(C(=O)NCc2cc3nc(-c4cccc(N5CCC(C(C)(C)O)CC5)n4)ccc3cn2)ccc1C. The fourth-order valence-electron chi connectivity index (χ4n) is 5.09. The number of aryl methyl sites for hydroxylation is 1. The third-order valence-corrected chi connectivity index (χ3v) is 8.43. The smallest absolute Gasteiger partial charge is 0.251 e. The Morgan fingerprint density at radius 1 is 1.08 bits per heavy atom. The number of thioether (sulfide) groups is 1. The number of carbonyl (C=O) groups is 1. The van der Waals surface area contributed by atoms with Crippen molar-refractivity contribution in [3.63, 3.8) is 0 Å². The second-order valence-corrected chi connectivity index (χ2v) is 11.6. The molecule has 39 heavy (non-hydrogen) atoms. The molecule has 0 bridgehead atoms. The van der Waals surface area contributed by atoms with Crippen LogP contribution in [0.25, 0.3) is 22.3 Å². The van der Waals surface area contributed by atoms with Crippen LogP contribution in [0, 0.1) is 12.8 Å². The van der Waals surface area contributed by atoms with Crippen molar-refractivity contribution in [1.82, 2.24) is 20.3 Å². The maximum absolute atomic E-state index is 12.7. The Morgan fingerprint density at radius 2 is 1.85 bits per heavy atom. The number of benzene rings is 1. The highest BCUT2D eigenvalue weighted by Gasteiger charge is 2.30. The number of fused-ring (bicyclic) bond motifs is 1. The molecule has 7 nitrogen and oxygen atoms in total. The average molecular weight is 542 g/mol. The zero-order valence-electron chi connectivity index (χ0n) is 22.9. The minimum absolute atomic E-state index is 0.124. The van der Waals surface area contributed by atoms with Crippen LogP contribution in [0.5, 0.6) is 0 Å². The highest BCUT2D eigenvalue weighted by Crippen LogP contribution is 2.30. The van der Waals surface area contributed by atoms with Crippen molar-refractivity contribution in [2.24, 2.45) is 5.92 Å². The second kappa shape index (κ2) is 11.3. The number of carbonyl (C=O) groups excluding carboxylic acids is 1. The zero-order chi connectivity index (χ0) is 27.6. The molecule has 1 aliphatic rings. The lowest BCUT2D eigenvalue weighted by Crippen LogP contribution is -2.42. The Balaban J connectivity index is 1.30. The molecular formula is C31H35N5O2S. The average Bonchev–Trinajstić information content (AvgIpc) is 2.95. The molecule has 2 N–H and O–H groups in total. The minimum Gasteiger partial charge on any atom is -0.390 e. The summed E-state index contributed by atoms with van der Waals surface area (Å²) < 4.78 is 0. The number of rotatable bonds is 7. The van der Waals surface area contributed by atoms with Gasteiger partial charge in [-0.15, -0.1) is 11.8 Å². The van der Waals surface area contributed by atoms with Gasteiger partial charge in [-0.2, -0.15) is 0 Å². The van der Waals surface area contributed by atoms with Crippen LogP contribution < -0.4 is 10.2 Å². The number of pyridine rings is 3. The van der Waals surface area contributed by atoms with Crippen molar-refractivity contribution in [1.29, 1.82) is 0 Å². The van der Waals surface area contributed by atoms with Crippen LogP contribution in [0.15, 0.2) is 65.7 Å². The Bertz CT molecular complexity index is 1490. The summed E-state index contributed by atoms with van der Waals surface area (Å²) in [4.78, 5) is 30.5. The Labute approximate surface area is 234 Å². The fraction of sp³-hybridized carbons (Fsp3) is 0.355. The van der Waals surface area contributed by atoms with Gasteiger partial charge in [0.1, 0.15) is 5.82 Å². The molecule has 5 rings (SSSR count). The standard InChI is InChI=1S/C31H35N5O2S/c1-20-8-9-21(16-28(20)39-4)30(37)33-19-24-17-27-22(18-32-24)10-11-26(34-27)25-6-5-7-29(35-25)36-14-12-23(13-15-36)31(2,3)38/h5-11,16-18,23,38H,12-15,19H2,1-4H3,(H,33,37). The van der Waals surface area contributed by atoms with Gasteiger partial charge in [0.25, 0.3) is 5.91 Å². The second-order valence-electron chi connectivity index (χ2n) is 10.7. The lowest BCUT2D eigenvalue weighted by molar-refractivity contribution is 0.00645. The number of hydrogen-bond donors (Lipinski definition) is 2. The number of nitrogens with zero attached hydrogens (tertiary/aromatic N) is 4. The van der Waals surface area contributed by atoms with E-state index in [-0.39, 0.29) is 5.91 Å². The predicted octanol–water partition coefficient (Wildman–Crippen LogP) is 5.64. The van der Waals surface area contributed by atoms with Crippen molar-refractivity contribution < 1.29 is 9.90 Å². The highest BCUT2D eigenvalue weighted by molar-refractivity contribution is 7.98. The molecule has 1 fully saturated rings. The van der Waals surface area contributed by atoms with E-state index in [1.807, 2.05) is 81.6 Å². The summed E-state index contributed by atoms with van der Waals surface area (Å²) in [5, 5.41) is 14.3. The number of hydrogen-bond acceptors (Lipinski definition) is 7. The van der Waals surface area contributed by atoms with Gasteiger partial charge in [-0.1, -0.05) is 12.1 Å². The van der Waals surface area contributed by atoms with Gasteiger partial charge in [0, 0.05) is 35.1 Å². The van der Waals surface area contributed by atoms with E-state index in [1.165, 1.54) is 0 Å². The predicted molar refractivity (Wildman–Crippen MR) is 158 cm³/mol. The van der Waals surface area contributed by atoms with Gasteiger partial charge in [-0.05, 0) is 93.8 Å². The van der Waals surface area contributed by atoms with Crippen LogP contribution in [0.3, 0.4) is 0 Å². The molecule has 0 radical (unpaired) electrons. The topological polar surface area (TPSA) is 91.2 Å². The van der Waals surface area contributed by atoms with E-state index in [1.54, 1.807) is 18.0 Å². The normalized spacial score (nSPS) is 14.5. The monoisotopic (exact) mass is 541 g/mol. The molecule has 4 heterocycles. The molecule has 1 aliphatic heterocycles. The minimum atomic E-state index is -0.648. The van der Waals surface area contributed by atoms with Crippen molar-refractivity contribution in [3.05, 3.63) is 77.6 Å². The molecule has 1 saturated heterocycles. The summed E-state index contributed by atoms with van der Waals surface area (Å²) in [7, 11) is 0. The Morgan fingerprint density at radius 3 is 2.59 bits per heavy atom. The van der Waals surface area contributed by atoms with Crippen molar-refractivity contribution in [2.45, 2.75) is 50.7 Å². The number of aliphatic hydroxyl groups is 1. The molecule has 202 valence electrons. The molecule has 1 amide bonds. The van der Waals surface area contributed by atoms with E-state index in [0.29, 0.717) is 18.0 Å². The first-order valence-electron chi connectivity index (χ1n) is 13.3. The Hall–Kier alpha value is -3.49. The number of aromatic nitrogens is 3. The summed E-state index contributed by atoms with van der Waals surface area (Å²) in [5.74, 6) is 1.11. The third kappa shape index (κ3) is 6.23. The lowest BCUT2D eigenvalue weighted by atomic mass is 9.83. The third-order valence-electron chi connectivity index (χ3n) is 7.55. The van der Waals surface area contributed by atoms with E-state index < -0.39 is 5.60 Å². The first-order valence-corrected chi connectivity index (χ1v) is 14.6. The van der Waals surface area contributed by atoms with Crippen LogP contribution >= 0.6 is 11.8 Å². The van der Waals surface area contributed by atoms with Gasteiger partial charge in [-0.3, -0.25) is 9.78 Å². The van der Waals surface area contributed by atoms with Gasteiger partial charge in [-0.25, -0.2) is 9.97 Å². The molecule has 0 unspecified atom stereocenters. The quantitative estimate of drug-likeness (QED) is 0.293. The summed E-state index contributed by atoms with van der Waals surface area (Å²) in [6.07, 6.45) is 5.69. The molecule has 0 atom stereocenters. The van der Waals surface area contributed by atoms with Crippen molar-refractivity contribution in [3.8, 4) is 11.4 Å². The molecule has 1 aromatic carbocycles. The van der Waals surface area contributed by atoms with E-state index in [4.69, 9.17) is 9.97 Å². The zero-order valence-corrected chi connectivity index (χ0v) is 23.8. The van der Waals surface area contributed by atoms with E-state index >= 15 is 0 Å². The number of amides is 1. The van der Waals surface area contributed by atoms with Crippen LogP contribution in [0.2, 0.25) is 0 Å². The largest absolute Gasteiger partial charge is 0.390 e. The molecule has 8 heteroatoms. The molecule has 0 saturated carbocycles. The molecule has 0 aliphatic carbocycles. The van der Waals surface area contributed by atoms with Crippen LogP contribution in [0.1, 0.15) is 48.3 Å². The van der Waals surface area contributed by atoms with Gasteiger partial charge >= 0.3 is 0 Å². The van der Waals surface area contributed by atoms with Gasteiger partial charge in [0.15, 0.2) is 0 Å². The highest BCUT2D eigenvalue weighted by atomic mass is 32.2. The van der Waals surface area contributed by atoms with E-state index in [0.717, 1.165) is 70.2 Å². The summed E-state index contributed by atoms with van der Waals surface area (Å²) in [6, 6.07) is 17.7. The summed E-state index contributed by atoms with van der Waals surface area (Å²) >= 11 is 1.63. The van der Waals surface area contributed by atoms with Crippen LogP contribution in [0.4, 0.5) is 5.82 Å². The van der Waals surface area contributed by atoms with E-state index in [2.05, 4.69) is 15.2 Å². The van der Waals surface area contributed by atoms with E-state index in [9.17, 15) is 9.90 Å². The number of piperidine rings is 1. The van der Waals surface area contributed by atoms with Crippen molar-refractivity contribution in [2.75, 3.05) is 24.2 Å². The van der Waals surface area contributed by atoms with Crippen LogP contribution in [-0.4, -0.2) is 50.9 Å². The molecular weight excluding hydrogens is 506 g/mol. The lowest BCUT2D eigenvalue weighted by Gasteiger charge is -2.38. The molecule has 4 aromatic rings. The maximum Gasteiger partial charge on any atom is 0.251 e. The number of nitrogens with one attached hydrogen (secondary N) is 1. The van der Waals surface area contributed by atoms with Gasteiger partial charge in [0.2, 0.25) is 0 Å². The molecule has 3 aromatic heterocycles. The molecule has 0 spiro atoms. The van der Waals surface area contributed by atoms with Crippen molar-refractivity contribution >= 4 is 34.4 Å². The first-order chi connectivity index (χ1) is 18.7. The first kappa shape index (κ1) is 27.1. The number of anilines is 1. The maximum atomic E-state index is 12.7. The van der Waals surface area contributed by atoms with Gasteiger partial charge < -0.3 is 15.3 Å². The van der Waals surface area contributed by atoms with Crippen LogP contribution in [-0.2, 0) is 6.54 Å². The van der Waals surface area contributed by atoms with Gasteiger partial charge in [0.05, 0.1) is 34.7 Å². The summed E-state index contributed by atoms with van der Waals surface area (Å²) in [6.45, 7) is 7.91. The Kier molecular flexibility index (Phi) is 7.86. The fourth-order valence-corrected chi connectivity index (χ4v) is 5.72.